The van der Waals surface area contributed by atoms with Gasteiger partial charge in [0.25, 0.3) is 0 Å². The highest BCUT2D eigenvalue weighted by Gasteiger charge is 2.31. The van der Waals surface area contributed by atoms with Crippen molar-refractivity contribution < 1.29 is 31.5 Å². The van der Waals surface area contributed by atoms with Crippen LogP contribution in [0.1, 0.15) is 48.9 Å². The number of carbonyl (C=O) groups excluding carboxylic acids is 1. The van der Waals surface area contributed by atoms with Crippen LogP contribution in [-0.4, -0.2) is 67.7 Å². The predicted octanol–water partition coefficient (Wildman–Crippen LogP) is 4.56. The minimum Gasteiger partial charge on any atom is -0.481 e. The molecule has 3 aromatic rings. The lowest BCUT2D eigenvalue weighted by Gasteiger charge is -2.30. The van der Waals surface area contributed by atoms with Gasteiger partial charge in [0.1, 0.15) is 0 Å². The number of carbonyl (C=O) groups is 2. The van der Waals surface area contributed by atoms with E-state index in [4.69, 9.17) is 16.7 Å². The molecule has 0 spiro atoms. The number of carboxylic acid groups (broad SMARTS) is 1. The van der Waals surface area contributed by atoms with E-state index in [1.165, 1.54) is 10.4 Å². The van der Waals surface area contributed by atoms with Crippen molar-refractivity contribution in [1.29, 1.82) is 0 Å². The second-order valence-electron chi connectivity index (χ2n) is 10.2. The van der Waals surface area contributed by atoms with Gasteiger partial charge < -0.3 is 10.4 Å². The molecule has 43 heavy (non-hydrogen) atoms. The number of rotatable bonds is 15. The third-order valence-electron chi connectivity index (χ3n) is 7.08. The van der Waals surface area contributed by atoms with Crippen LogP contribution in [0.15, 0.2) is 65.8 Å². The monoisotopic (exact) mass is 649 g/mol. The Bertz CT molecular complexity index is 1680. The van der Waals surface area contributed by atoms with Crippen LogP contribution in [0.4, 0.5) is 0 Å². The van der Waals surface area contributed by atoms with Crippen molar-refractivity contribution >= 4 is 43.3 Å². The number of carboxylic acids is 1. The van der Waals surface area contributed by atoms with Gasteiger partial charge in [-0.15, -0.1) is 0 Å². The standard InChI is InChI=1S/C30H36ClN3O7S2/c1-21-20-32-14-12-26(21)25-8-4-7-24(19-25)23(3)34(43(40,41)28-10-5-9-27(31)22(28)2)16-6-11-29(35)33-15-18-42(38,39)17-13-30(36)37/h4-5,7-10,12,14,19-20,23H,6,11,13,15-18H2,1-3H3,(H,33,35)(H,36,37)/t23-/m0/s1. The van der Waals surface area contributed by atoms with E-state index in [-0.39, 0.29) is 36.6 Å². The molecule has 0 saturated carbocycles. The first kappa shape index (κ1) is 34.2. The molecular formula is C30H36ClN3O7S2. The highest BCUT2D eigenvalue weighted by molar-refractivity contribution is 7.91. The number of hydrogen-bond donors (Lipinski definition) is 2. The minimum atomic E-state index is -4.05. The van der Waals surface area contributed by atoms with Crippen molar-refractivity contribution in [3.63, 3.8) is 0 Å². The van der Waals surface area contributed by atoms with E-state index >= 15 is 0 Å². The molecular weight excluding hydrogens is 614 g/mol. The van der Waals surface area contributed by atoms with Crippen molar-refractivity contribution in [3.8, 4) is 11.1 Å². The van der Waals surface area contributed by atoms with E-state index in [2.05, 4.69) is 10.3 Å². The first-order valence-electron chi connectivity index (χ1n) is 13.7. The highest BCUT2D eigenvalue weighted by Crippen LogP contribution is 2.33. The smallest absolute Gasteiger partial charge is 0.304 e. The normalized spacial score (nSPS) is 12.7. The van der Waals surface area contributed by atoms with Crippen LogP contribution < -0.4 is 5.32 Å². The second kappa shape index (κ2) is 14.9. The van der Waals surface area contributed by atoms with E-state index in [1.54, 1.807) is 38.4 Å². The lowest BCUT2D eigenvalue weighted by Crippen LogP contribution is -2.36. The first-order chi connectivity index (χ1) is 20.2. The fourth-order valence-electron chi connectivity index (χ4n) is 4.62. The molecule has 0 aliphatic rings. The first-order valence-corrected chi connectivity index (χ1v) is 17.3. The summed E-state index contributed by atoms with van der Waals surface area (Å²) in [7, 11) is -7.68. The van der Waals surface area contributed by atoms with Gasteiger partial charge in [-0.05, 0) is 79.3 Å². The Morgan fingerprint density at radius 3 is 2.44 bits per heavy atom. The van der Waals surface area contributed by atoms with Gasteiger partial charge in [-0.3, -0.25) is 14.6 Å². The molecule has 0 fully saturated rings. The molecule has 2 N–H and O–H groups in total. The molecule has 1 aromatic heterocycles. The summed E-state index contributed by atoms with van der Waals surface area (Å²) in [5.74, 6) is -2.54. The Morgan fingerprint density at radius 1 is 1.02 bits per heavy atom. The van der Waals surface area contributed by atoms with Gasteiger partial charge in [-0.2, -0.15) is 4.31 Å². The number of benzene rings is 2. The van der Waals surface area contributed by atoms with E-state index in [1.807, 2.05) is 37.3 Å². The zero-order chi connectivity index (χ0) is 31.8. The molecule has 1 heterocycles. The van der Waals surface area contributed by atoms with E-state index in [0.29, 0.717) is 10.6 Å². The number of amides is 1. The summed E-state index contributed by atoms with van der Waals surface area (Å²) in [5.41, 5.74) is 4.05. The molecule has 0 radical (unpaired) electrons. The molecule has 0 bridgehead atoms. The third-order valence-corrected chi connectivity index (χ3v) is 11.3. The maximum atomic E-state index is 14.0. The number of aryl methyl sites for hydroxylation is 1. The highest BCUT2D eigenvalue weighted by atomic mass is 35.5. The number of sulfone groups is 1. The van der Waals surface area contributed by atoms with E-state index in [9.17, 15) is 26.4 Å². The molecule has 0 saturated heterocycles. The zero-order valence-electron chi connectivity index (χ0n) is 24.3. The lowest BCUT2D eigenvalue weighted by molar-refractivity contribution is -0.136. The van der Waals surface area contributed by atoms with Gasteiger partial charge in [0, 0.05) is 43.0 Å². The number of nitrogens with zero attached hydrogens (tertiary/aromatic N) is 2. The van der Waals surface area contributed by atoms with Gasteiger partial charge in [0.15, 0.2) is 9.84 Å². The van der Waals surface area contributed by atoms with Gasteiger partial charge in [0.2, 0.25) is 15.9 Å². The largest absolute Gasteiger partial charge is 0.481 e. The quantitative estimate of drug-likeness (QED) is 0.243. The molecule has 1 amide bonds. The molecule has 2 aromatic carbocycles. The molecule has 0 unspecified atom stereocenters. The zero-order valence-corrected chi connectivity index (χ0v) is 26.7. The average Bonchev–Trinajstić information content (AvgIpc) is 2.95. The molecule has 0 aliphatic carbocycles. The van der Waals surface area contributed by atoms with Gasteiger partial charge in [-0.25, -0.2) is 16.8 Å². The summed E-state index contributed by atoms with van der Waals surface area (Å²) in [6.45, 7) is 5.23. The molecule has 13 heteroatoms. The number of sulfonamides is 1. The fraction of sp³-hybridized carbons (Fsp3) is 0.367. The summed E-state index contributed by atoms with van der Waals surface area (Å²) in [6, 6.07) is 13.6. The number of halogens is 1. The number of hydrogen-bond acceptors (Lipinski definition) is 7. The van der Waals surface area contributed by atoms with Crippen LogP contribution in [0.2, 0.25) is 5.02 Å². The summed E-state index contributed by atoms with van der Waals surface area (Å²) in [4.78, 5) is 27.3. The minimum absolute atomic E-state index is 0.0122. The predicted molar refractivity (Wildman–Crippen MR) is 166 cm³/mol. The molecule has 3 rings (SSSR count). The van der Waals surface area contributed by atoms with Crippen molar-refractivity contribution in [2.45, 2.75) is 51.0 Å². The molecule has 1 atom stereocenters. The van der Waals surface area contributed by atoms with Gasteiger partial charge >= 0.3 is 5.97 Å². The van der Waals surface area contributed by atoms with E-state index < -0.39 is 50.0 Å². The Morgan fingerprint density at radius 2 is 1.74 bits per heavy atom. The van der Waals surface area contributed by atoms with E-state index in [0.717, 1.165) is 22.3 Å². The number of aliphatic carboxylic acids is 1. The third kappa shape index (κ3) is 9.33. The average molecular weight is 650 g/mol. The maximum absolute atomic E-state index is 14.0. The van der Waals surface area contributed by atoms with Gasteiger partial charge in [-0.1, -0.05) is 35.9 Å². The summed E-state index contributed by atoms with van der Waals surface area (Å²) in [5, 5.41) is 11.5. The van der Waals surface area contributed by atoms with Crippen LogP contribution >= 0.6 is 11.6 Å². The Hall–Kier alpha value is -3.32. The molecule has 10 nitrogen and oxygen atoms in total. The van der Waals surface area contributed by atoms with Crippen molar-refractivity contribution in [2.75, 3.05) is 24.6 Å². The Balaban J connectivity index is 1.80. The maximum Gasteiger partial charge on any atom is 0.304 e. The topological polar surface area (TPSA) is 151 Å². The van der Waals surface area contributed by atoms with Crippen LogP contribution in [0.3, 0.4) is 0 Å². The van der Waals surface area contributed by atoms with Crippen LogP contribution in [0.25, 0.3) is 11.1 Å². The summed E-state index contributed by atoms with van der Waals surface area (Å²) >= 11 is 6.27. The van der Waals surface area contributed by atoms with Crippen LogP contribution in [0, 0.1) is 13.8 Å². The number of pyridine rings is 1. The van der Waals surface area contributed by atoms with Crippen molar-refractivity contribution in [3.05, 3.63) is 82.6 Å². The molecule has 0 aliphatic heterocycles. The molecule has 232 valence electrons. The lowest BCUT2D eigenvalue weighted by atomic mass is 9.98. The summed E-state index contributed by atoms with van der Waals surface area (Å²) < 4.78 is 53.4. The van der Waals surface area contributed by atoms with Crippen LogP contribution in [-0.2, 0) is 29.4 Å². The Kier molecular flexibility index (Phi) is 11.9. The number of aromatic nitrogens is 1. The summed E-state index contributed by atoms with van der Waals surface area (Å²) in [6.07, 6.45) is 3.09. The number of nitrogens with one attached hydrogen (secondary N) is 1. The fourth-order valence-corrected chi connectivity index (χ4v) is 7.86. The second-order valence-corrected chi connectivity index (χ2v) is 14.8. The van der Waals surface area contributed by atoms with Crippen molar-refractivity contribution in [2.24, 2.45) is 0 Å². The van der Waals surface area contributed by atoms with Crippen LogP contribution in [0.5, 0.6) is 0 Å². The SMILES string of the molecule is Cc1cnccc1-c1cccc([C@H](C)N(CCCC(=O)NCCS(=O)(=O)CCC(=O)O)S(=O)(=O)c2cccc(Cl)c2C)c1. The van der Waals surface area contributed by atoms with Crippen molar-refractivity contribution in [1.82, 2.24) is 14.6 Å². The Labute approximate surface area is 258 Å². The van der Waals surface area contributed by atoms with Gasteiger partial charge in [0.05, 0.1) is 22.8 Å².